The lowest BCUT2D eigenvalue weighted by Crippen LogP contribution is -3.00. The van der Waals surface area contributed by atoms with Crippen LogP contribution in [0.1, 0.15) is 0 Å². The molecule has 0 bridgehead atoms. The van der Waals surface area contributed by atoms with Crippen LogP contribution in [0.15, 0.2) is 30.3 Å². The van der Waals surface area contributed by atoms with Gasteiger partial charge in [0.15, 0.2) is 0 Å². The minimum atomic E-state index is 0. The van der Waals surface area contributed by atoms with Gasteiger partial charge in [-0.25, -0.2) is 0 Å². The molecule has 1 heterocycles. The third-order valence-corrected chi connectivity index (χ3v) is 3.33. The second-order valence-electron chi connectivity index (χ2n) is 4.48. The largest absolute Gasteiger partial charge is 1.00 e. The van der Waals surface area contributed by atoms with E-state index in [1.54, 1.807) is 0 Å². The van der Waals surface area contributed by atoms with E-state index in [0.717, 1.165) is 4.48 Å². The van der Waals surface area contributed by atoms with Gasteiger partial charge in [0.1, 0.15) is 5.69 Å². The average Bonchev–Trinajstić information content (AvgIpc) is 2.24. The number of nitrogens with zero attached hydrogens (tertiary/aromatic N) is 2. The van der Waals surface area contributed by atoms with E-state index in [1.807, 2.05) is 0 Å². The maximum absolute atomic E-state index is 2.41. The molecule has 0 spiro atoms. The van der Waals surface area contributed by atoms with Gasteiger partial charge in [-0.3, -0.25) is 9.38 Å². The van der Waals surface area contributed by atoms with Gasteiger partial charge in [0, 0.05) is 13.1 Å². The number of likely N-dealkylation sites (N-methyl/N-ethyl adjacent to an activating group) is 2. The van der Waals surface area contributed by atoms with Gasteiger partial charge in [-0.05, 0) is 19.2 Å². The Labute approximate surface area is 98.5 Å². The molecule has 84 valence electrons. The standard InChI is InChI=1S/C12H19N2.ClH/c1-13-8-10-14(2,11-9-13)12-6-4-3-5-7-12;/h3-7H,8-11H2,1-2H3;1H/q+1;/p-1. The number of rotatable bonds is 1. The monoisotopic (exact) mass is 226 g/mol. The van der Waals surface area contributed by atoms with Crippen molar-refractivity contribution < 1.29 is 12.4 Å². The summed E-state index contributed by atoms with van der Waals surface area (Å²) in [6.07, 6.45) is 0. The van der Waals surface area contributed by atoms with Gasteiger partial charge in [0.2, 0.25) is 0 Å². The maximum atomic E-state index is 2.41. The molecular weight excluding hydrogens is 208 g/mol. The lowest BCUT2D eigenvalue weighted by molar-refractivity contribution is -0.00000300. The Morgan fingerprint density at radius 2 is 1.60 bits per heavy atom. The summed E-state index contributed by atoms with van der Waals surface area (Å²) >= 11 is 0. The summed E-state index contributed by atoms with van der Waals surface area (Å²) in [5.74, 6) is 0. The van der Waals surface area contributed by atoms with Crippen molar-refractivity contribution in [1.29, 1.82) is 0 Å². The van der Waals surface area contributed by atoms with Gasteiger partial charge in [0.25, 0.3) is 0 Å². The zero-order valence-electron chi connectivity index (χ0n) is 9.49. The predicted octanol–water partition coefficient (Wildman–Crippen LogP) is -1.43. The summed E-state index contributed by atoms with van der Waals surface area (Å²) in [5, 5.41) is 0. The van der Waals surface area contributed by atoms with Gasteiger partial charge in [-0.1, -0.05) is 18.2 Å². The topological polar surface area (TPSA) is 3.24 Å². The highest BCUT2D eigenvalue weighted by Crippen LogP contribution is 2.21. The fourth-order valence-electron chi connectivity index (χ4n) is 2.05. The van der Waals surface area contributed by atoms with Crippen molar-refractivity contribution in [1.82, 2.24) is 9.38 Å². The predicted molar refractivity (Wildman–Crippen MR) is 61.4 cm³/mol. The molecule has 1 aromatic rings. The Balaban J connectivity index is 0.00000112. The first-order chi connectivity index (χ1) is 6.71. The second-order valence-corrected chi connectivity index (χ2v) is 4.48. The highest BCUT2D eigenvalue weighted by molar-refractivity contribution is 5.42. The van der Waals surface area contributed by atoms with Gasteiger partial charge < -0.3 is 12.4 Å². The Kier molecular flexibility index (Phi) is 4.14. The third kappa shape index (κ3) is 2.71. The number of hydrogen-bond donors (Lipinski definition) is 0. The third-order valence-electron chi connectivity index (χ3n) is 3.33. The van der Waals surface area contributed by atoms with Crippen molar-refractivity contribution in [3.8, 4) is 0 Å². The molecule has 1 aliphatic rings. The van der Waals surface area contributed by atoms with E-state index in [4.69, 9.17) is 0 Å². The van der Waals surface area contributed by atoms with E-state index in [2.05, 4.69) is 49.3 Å². The Morgan fingerprint density at radius 3 is 2.13 bits per heavy atom. The van der Waals surface area contributed by atoms with E-state index in [9.17, 15) is 0 Å². The molecule has 1 aromatic carbocycles. The first kappa shape index (κ1) is 12.5. The van der Waals surface area contributed by atoms with Crippen LogP contribution in [0.3, 0.4) is 0 Å². The number of benzene rings is 1. The number of para-hydroxylation sites is 1. The Bertz CT molecular complexity index is 292. The minimum absolute atomic E-state index is 0. The van der Waals surface area contributed by atoms with Crippen LogP contribution in [0.4, 0.5) is 5.69 Å². The number of halogens is 1. The molecule has 1 aliphatic heterocycles. The maximum Gasteiger partial charge on any atom is 0.132 e. The van der Waals surface area contributed by atoms with Crippen molar-refractivity contribution in [2.45, 2.75) is 0 Å². The van der Waals surface area contributed by atoms with Crippen LogP contribution in [0.2, 0.25) is 0 Å². The minimum Gasteiger partial charge on any atom is -1.00 e. The molecule has 0 radical (unpaired) electrons. The van der Waals surface area contributed by atoms with Crippen molar-refractivity contribution in [3.05, 3.63) is 30.3 Å². The molecule has 0 amide bonds. The van der Waals surface area contributed by atoms with Gasteiger partial charge in [-0.2, -0.15) is 0 Å². The van der Waals surface area contributed by atoms with E-state index >= 15 is 0 Å². The number of hydrogen-bond acceptors (Lipinski definition) is 1. The fourth-order valence-corrected chi connectivity index (χ4v) is 2.05. The summed E-state index contributed by atoms with van der Waals surface area (Å²) in [7, 11) is 4.54. The van der Waals surface area contributed by atoms with E-state index in [1.165, 1.54) is 31.9 Å². The Morgan fingerprint density at radius 1 is 1.07 bits per heavy atom. The second kappa shape index (κ2) is 4.97. The molecule has 15 heavy (non-hydrogen) atoms. The van der Waals surface area contributed by atoms with Gasteiger partial charge in [0.05, 0.1) is 20.1 Å². The molecule has 1 saturated heterocycles. The molecule has 3 heteroatoms. The molecule has 1 fully saturated rings. The van der Waals surface area contributed by atoms with Crippen LogP contribution in [0.25, 0.3) is 0 Å². The van der Waals surface area contributed by atoms with Crippen molar-refractivity contribution >= 4 is 5.69 Å². The molecule has 0 aliphatic carbocycles. The van der Waals surface area contributed by atoms with E-state index in [0.29, 0.717) is 0 Å². The van der Waals surface area contributed by atoms with Crippen LogP contribution in [0, 0.1) is 0 Å². The smallest absolute Gasteiger partial charge is 0.132 e. The highest BCUT2D eigenvalue weighted by Gasteiger charge is 2.28. The van der Waals surface area contributed by atoms with E-state index < -0.39 is 0 Å². The molecule has 2 nitrogen and oxygen atoms in total. The lowest BCUT2D eigenvalue weighted by atomic mass is 10.2. The van der Waals surface area contributed by atoms with Gasteiger partial charge in [-0.15, -0.1) is 0 Å². The van der Waals surface area contributed by atoms with Crippen LogP contribution in [0.5, 0.6) is 0 Å². The quantitative estimate of drug-likeness (QED) is 0.531. The average molecular weight is 227 g/mol. The normalized spacial score (nSPS) is 20.7. The van der Waals surface area contributed by atoms with Crippen LogP contribution in [-0.2, 0) is 0 Å². The first-order valence-corrected chi connectivity index (χ1v) is 5.29. The molecule has 0 N–H and O–H groups in total. The summed E-state index contributed by atoms with van der Waals surface area (Å²) < 4.78 is 1.09. The van der Waals surface area contributed by atoms with E-state index in [-0.39, 0.29) is 12.4 Å². The first-order valence-electron chi connectivity index (χ1n) is 5.29. The Hall–Kier alpha value is -0.570. The fraction of sp³-hybridized carbons (Fsp3) is 0.500. The zero-order chi connectivity index (χ0) is 10.0. The number of piperazine rings is 1. The molecular formula is C12H19ClN2. The summed E-state index contributed by atoms with van der Waals surface area (Å²) in [6, 6.07) is 10.8. The van der Waals surface area contributed by atoms with Crippen molar-refractivity contribution in [2.75, 3.05) is 40.3 Å². The van der Waals surface area contributed by atoms with Crippen LogP contribution >= 0.6 is 0 Å². The zero-order valence-corrected chi connectivity index (χ0v) is 10.2. The van der Waals surface area contributed by atoms with Crippen LogP contribution < -0.4 is 16.9 Å². The molecule has 2 rings (SSSR count). The molecule has 0 saturated carbocycles. The molecule has 0 aromatic heterocycles. The lowest BCUT2D eigenvalue weighted by Gasteiger charge is -2.40. The summed E-state index contributed by atoms with van der Waals surface area (Å²) in [5.41, 5.74) is 1.45. The van der Waals surface area contributed by atoms with Crippen LogP contribution in [-0.4, -0.2) is 45.2 Å². The van der Waals surface area contributed by atoms with Crippen molar-refractivity contribution in [3.63, 3.8) is 0 Å². The van der Waals surface area contributed by atoms with Gasteiger partial charge >= 0.3 is 0 Å². The number of quaternary nitrogens is 1. The summed E-state index contributed by atoms with van der Waals surface area (Å²) in [6.45, 7) is 4.85. The molecule has 0 unspecified atom stereocenters. The summed E-state index contributed by atoms with van der Waals surface area (Å²) in [4.78, 5) is 2.41. The molecule has 0 atom stereocenters. The van der Waals surface area contributed by atoms with Crippen molar-refractivity contribution in [2.24, 2.45) is 0 Å². The SMILES string of the molecule is CN1CC[N+](C)(c2ccccc2)CC1.[Cl-]. The highest BCUT2D eigenvalue weighted by atomic mass is 35.5.